The van der Waals surface area contributed by atoms with Gasteiger partial charge in [-0.2, -0.15) is 0 Å². The van der Waals surface area contributed by atoms with Crippen molar-refractivity contribution in [2.24, 2.45) is 0 Å². The minimum absolute atomic E-state index is 0.0672. The maximum atomic E-state index is 12.4. The lowest BCUT2D eigenvalue weighted by Crippen LogP contribution is -2.26. The first kappa shape index (κ1) is 17.2. The highest BCUT2D eigenvalue weighted by Crippen LogP contribution is 2.17. The van der Waals surface area contributed by atoms with Gasteiger partial charge in [-0.05, 0) is 37.1 Å². The summed E-state index contributed by atoms with van der Waals surface area (Å²) < 4.78 is 5.73. The Bertz CT molecular complexity index is 846. The Labute approximate surface area is 151 Å². The second kappa shape index (κ2) is 7.94. The molecule has 2 aromatic carbocycles. The summed E-state index contributed by atoms with van der Waals surface area (Å²) in [6.45, 7) is 4.34. The fourth-order valence-corrected chi connectivity index (χ4v) is 3.11. The molecule has 1 amide bonds. The van der Waals surface area contributed by atoms with Gasteiger partial charge in [-0.25, -0.2) is 4.98 Å². The SMILES string of the molecule is Cc1cccc(OCc2nc(C(=O)N[C@H](C)c3ccccc3)cs2)c1. The fourth-order valence-electron chi connectivity index (χ4n) is 2.43. The van der Waals surface area contributed by atoms with E-state index in [1.807, 2.05) is 68.4 Å². The smallest absolute Gasteiger partial charge is 0.271 e. The molecule has 1 atom stereocenters. The molecule has 5 heteroatoms. The summed E-state index contributed by atoms with van der Waals surface area (Å²) >= 11 is 1.43. The number of benzene rings is 2. The Morgan fingerprint density at radius 3 is 2.76 bits per heavy atom. The molecule has 0 bridgehead atoms. The van der Waals surface area contributed by atoms with Crippen molar-refractivity contribution in [2.75, 3.05) is 0 Å². The van der Waals surface area contributed by atoms with E-state index in [9.17, 15) is 4.79 Å². The zero-order chi connectivity index (χ0) is 17.6. The average molecular weight is 352 g/mol. The molecule has 0 saturated heterocycles. The standard InChI is InChI=1S/C20H20N2O2S/c1-14-7-6-10-17(11-14)24-12-19-22-18(13-25-19)20(23)21-15(2)16-8-4-3-5-9-16/h3-11,13,15H,12H2,1-2H3,(H,21,23)/t15-/m1/s1. The van der Waals surface area contributed by atoms with Gasteiger partial charge in [0.1, 0.15) is 23.1 Å². The van der Waals surface area contributed by atoms with Crippen LogP contribution in [0.4, 0.5) is 0 Å². The second-order valence-corrected chi connectivity index (χ2v) is 6.78. The number of ether oxygens (including phenoxy) is 1. The molecule has 1 aromatic heterocycles. The zero-order valence-electron chi connectivity index (χ0n) is 14.2. The molecule has 25 heavy (non-hydrogen) atoms. The Kier molecular flexibility index (Phi) is 5.46. The number of amides is 1. The van der Waals surface area contributed by atoms with E-state index in [4.69, 9.17) is 4.74 Å². The molecule has 0 fully saturated rings. The van der Waals surface area contributed by atoms with Crippen molar-refractivity contribution >= 4 is 17.2 Å². The van der Waals surface area contributed by atoms with Crippen molar-refractivity contribution in [1.82, 2.24) is 10.3 Å². The molecule has 1 heterocycles. The molecular weight excluding hydrogens is 332 g/mol. The van der Waals surface area contributed by atoms with E-state index < -0.39 is 0 Å². The topological polar surface area (TPSA) is 51.2 Å². The number of nitrogens with one attached hydrogen (secondary N) is 1. The van der Waals surface area contributed by atoms with E-state index in [0.717, 1.165) is 21.9 Å². The molecule has 0 saturated carbocycles. The molecular formula is C20H20N2O2S. The number of hydrogen-bond donors (Lipinski definition) is 1. The van der Waals surface area contributed by atoms with Gasteiger partial charge in [-0.3, -0.25) is 4.79 Å². The first-order valence-corrected chi connectivity index (χ1v) is 8.99. The second-order valence-electron chi connectivity index (χ2n) is 5.84. The van der Waals surface area contributed by atoms with E-state index >= 15 is 0 Å². The highest BCUT2D eigenvalue weighted by atomic mass is 32.1. The average Bonchev–Trinajstić information content (AvgIpc) is 3.10. The van der Waals surface area contributed by atoms with Gasteiger partial charge in [0.25, 0.3) is 5.91 Å². The van der Waals surface area contributed by atoms with Crippen LogP contribution in [0.5, 0.6) is 5.75 Å². The van der Waals surface area contributed by atoms with Crippen LogP contribution in [-0.2, 0) is 6.61 Å². The molecule has 0 aliphatic carbocycles. The molecule has 0 aliphatic heterocycles. The number of nitrogens with zero attached hydrogens (tertiary/aromatic N) is 1. The van der Waals surface area contributed by atoms with Crippen molar-refractivity contribution in [1.29, 1.82) is 0 Å². The van der Waals surface area contributed by atoms with Crippen molar-refractivity contribution in [3.8, 4) is 5.75 Å². The van der Waals surface area contributed by atoms with Crippen LogP contribution in [0.2, 0.25) is 0 Å². The van der Waals surface area contributed by atoms with Crippen LogP contribution >= 0.6 is 11.3 Å². The normalized spacial score (nSPS) is 11.8. The Morgan fingerprint density at radius 1 is 1.20 bits per heavy atom. The van der Waals surface area contributed by atoms with Crippen molar-refractivity contribution in [3.05, 3.63) is 81.8 Å². The van der Waals surface area contributed by atoms with Crippen LogP contribution in [-0.4, -0.2) is 10.9 Å². The largest absolute Gasteiger partial charge is 0.486 e. The maximum Gasteiger partial charge on any atom is 0.271 e. The lowest BCUT2D eigenvalue weighted by atomic mass is 10.1. The number of rotatable bonds is 6. The number of thiazole rings is 1. The number of carbonyl (C=O) groups is 1. The van der Waals surface area contributed by atoms with Crippen molar-refractivity contribution in [2.45, 2.75) is 26.5 Å². The van der Waals surface area contributed by atoms with Gasteiger partial charge < -0.3 is 10.1 Å². The summed E-state index contributed by atoms with van der Waals surface area (Å²) in [6, 6.07) is 17.7. The van der Waals surface area contributed by atoms with E-state index in [1.54, 1.807) is 5.38 Å². The Balaban J connectivity index is 1.58. The highest BCUT2D eigenvalue weighted by molar-refractivity contribution is 7.09. The van der Waals surface area contributed by atoms with Gasteiger partial charge in [0.05, 0.1) is 6.04 Å². The first-order valence-electron chi connectivity index (χ1n) is 8.11. The van der Waals surface area contributed by atoms with E-state index in [-0.39, 0.29) is 11.9 Å². The first-order chi connectivity index (χ1) is 12.1. The molecule has 4 nitrogen and oxygen atoms in total. The predicted octanol–water partition coefficient (Wildman–Crippen LogP) is 4.52. The van der Waals surface area contributed by atoms with E-state index in [2.05, 4.69) is 10.3 Å². The molecule has 128 valence electrons. The summed E-state index contributed by atoms with van der Waals surface area (Å²) in [7, 11) is 0. The molecule has 3 rings (SSSR count). The Hall–Kier alpha value is -2.66. The lowest BCUT2D eigenvalue weighted by molar-refractivity contribution is 0.0935. The van der Waals surface area contributed by atoms with Crippen molar-refractivity contribution in [3.63, 3.8) is 0 Å². The summed E-state index contributed by atoms with van der Waals surface area (Å²) in [5.74, 6) is 0.633. The third kappa shape index (κ3) is 4.67. The molecule has 1 N–H and O–H groups in total. The third-order valence-electron chi connectivity index (χ3n) is 3.78. The lowest BCUT2D eigenvalue weighted by Gasteiger charge is -2.13. The zero-order valence-corrected chi connectivity index (χ0v) is 15.0. The van der Waals surface area contributed by atoms with Crippen LogP contribution in [0, 0.1) is 6.92 Å². The monoisotopic (exact) mass is 352 g/mol. The van der Waals surface area contributed by atoms with Gasteiger partial charge >= 0.3 is 0 Å². The summed E-state index contributed by atoms with van der Waals surface area (Å²) in [4.78, 5) is 16.7. The number of aromatic nitrogens is 1. The van der Waals surface area contributed by atoms with Crippen LogP contribution in [0.15, 0.2) is 60.0 Å². The van der Waals surface area contributed by atoms with Gasteiger partial charge in [0, 0.05) is 5.38 Å². The van der Waals surface area contributed by atoms with Crippen molar-refractivity contribution < 1.29 is 9.53 Å². The Morgan fingerprint density at radius 2 is 2.00 bits per heavy atom. The van der Waals surface area contributed by atoms with Gasteiger partial charge in [0.15, 0.2) is 0 Å². The van der Waals surface area contributed by atoms with Crippen LogP contribution in [0.1, 0.15) is 39.6 Å². The summed E-state index contributed by atoms with van der Waals surface area (Å²) in [5, 5.41) is 5.51. The van der Waals surface area contributed by atoms with E-state index in [0.29, 0.717) is 12.3 Å². The molecule has 0 aliphatic rings. The van der Waals surface area contributed by atoms with Crippen LogP contribution in [0.3, 0.4) is 0 Å². The minimum atomic E-state index is -0.172. The van der Waals surface area contributed by atoms with Gasteiger partial charge in [-0.15, -0.1) is 11.3 Å². The van der Waals surface area contributed by atoms with Gasteiger partial charge in [0.2, 0.25) is 0 Å². The number of aryl methyl sites for hydroxylation is 1. The highest BCUT2D eigenvalue weighted by Gasteiger charge is 2.14. The molecule has 0 radical (unpaired) electrons. The third-order valence-corrected chi connectivity index (χ3v) is 4.61. The number of carbonyl (C=O) groups excluding carboxylic acids is 1. The van der Waals surface area contributed by atoms with Crippen LogP contribution in [0.25, 0.3) is 0 Å². The minimum Gasteiger partial charge on any atom is -0.486 e. The number of hydrogen-bond acceptors (Lipinski definition) is 4. The van der Waals surface area contributed by atoms with E-state index in [1.165, 1.54) is 11.3 Å². The molecule has 0 spiro atoms. The predicted molar refractivity (Wildman–Crippen MR) is 99.9 cm³/mol. The van der Waals surface area contributed by atoms with Gasteiger partial charge in [-0.1, -0.05) is 42.5 Å². The van der Waals surface area contributed by atoms with Crippen LogP contribution < -0.4 is 10.1 Å². The summed E-state index contributed by atoms with van der Waals surface area (Å²) in [6.07, 6.45) is 0. The molecule has 0 unspecified atom stereocenters. The maximum absolute atomic E-state index is 12.4. The summed E-state index contributed by atoms with van der Waals surface area (Å²) in [5.41, 5.74) is 2.64. The quantitative estimate of drug-likeness (QED) is 0.709. The fraction of sp³-hybridized carbons (Fsp3) is 0.200. The molecule has 3 aromatic rings.